The highest BCUT2D eigenvalue weighted by molar-refractivity contribution is 9.10. The van der Waals surface area contributed by atoms with E-state index in [1.165, 1.54) is 11.9 Å². The quantitative estimate of drug-likeness (QED) is 0.393. The molecular formula is C28H32BrN3O4S. The van der Waals surface area contributed by atoms with E-state index in [2.05, 4.69) is 21.2 Å². The van der Waals surface area contributed by atoms with Crippen LogP contribution < -0.4 is 9.62 Å². The molecule has 0 aromatic heterocycles. The number of likely N-dealkylation sites (N-methyl/N-ethyl adjacent to an activating group) is 1. The fourth-order valence-electron chi connectivity index (χ4n) is 3.98. The van der Waals surface area contributed by atoms with Gasteiger partial charge in [-0.05, 0) is 74.7 Å². The van der Waals surface area contributed by atoms with Gasteiger partial charge in [-0.25, -0.2) is 8.42 Å². The van der Waals surface area contributed by atoms with Gasteiger partial charge in [0.25, 0.3) is 10.0 Å². The monoisotopic (exact) mass is 585 g/mol. The summed E-state index contributed by atoms with van der Waals surface area (Å²) in [4.78, 5) is 27.9. The van der Waals surface area contributed by atoms with Gasteiger partial charge in [-0.3, -0.25) is 13.9 Å². The SMILES string of the molecule is CNC(=O)[C@H](C)N(Cc1cccc(Br)c1)C(=O)CN(c1cccc(C)c1C)S(=O)(=O)c1ccc(C)cc1. The van der Waals surface area contributed by atoms with Crippen LogP contribution in [0.4, 0.5) is 5.69 Å². The van der Waals surface area contributed by atoms with Crippen molar-refractivity contribution in [3.63, 3.8) is 0 Å². The zero-order valence-corrected chi connectivity index (χ0v) is 24.1. The highest BCUT2D eigenvalue weighted by Crippen LogP contribution is 2.29. The number of nitrogens with zero attached hydrogens (tertiary/aromatic N) is 2. The first kappa shape index (κ1) is 28.4. The van der Waals surface area contributed by atoms with E-state index in [4.69, 9.17) is 0 Å². The average Bonchev–Trinajstić information content (AvgIpc) is 2.87. The van der Waals surface area contributed by atoms with Crippen molar-refractivity contribution in [3.8, 4) is 0 Å². The summed E-state index contributed by atoms with van der Waals surface area (Å²) in [5, 5.41) is 2.59. The van der Waals surface area contributed by atoms with Gasteiger partial charge in [0.1, 0.15) is 12.6 Å². The summed E-state index contributed by atoms with van der Waals surface area (Å²) in [5.74, 6) is -0.837. The minimum absolute atomic E-state index is 0.0877. The molecule has 0 unspecified atom stereocenters. The number of carbonyl (C=O) groups excluding carboxylic acids is 2. The molecule has 0 fully saturated rings. The predicted octanol–water partition coefficient (Wildman–Crippen LogP) is 4.73. The Hall–Kier alpha value is -3.17. The molecule has 3 aromatic rings. The van der Waals surface area contributed by atoms with Crippen molar-refractivity contribution in [2.45, 2.75) is 45.2 Å². The topological polar surface area (TPSA) is 86.8 Å². The Morgan fingerprint density at radius 3 is 2.24 bits per heavy atom. The van der Waals surface area contributed by atoms with Crippen LogP contribution in [0.2, 0.25) is 0 Å². The second-order valence-electron chi connectivity index (χ2n) is 8.99. The van der Waals surface area contributed by atoms with E-state index in [0.29, 0.717) is 5.69 Å². The highest BCUT2D eigenvalue weighted by Gasteiger charge is 2.33. The summed E-state index contributed by atoms with van der Waals surface area (Å²) >= 11 is 3.44. The van der Waals surface area contributed by atoms with Crippen LogP contribution in [0.5, 0.6) is 0 Å². The first-order valence-corrected chi connectivity index (χ1v) is 14.1. The fourth-order valence-corrected chi connectivity index (χ4v) is 5.90. The number of amides is 2. The van der Waals surface area contributed by atoms with E-state index in [-0.39, 0.29) is 17.3 Å². The third-order valence-corrected chi connectivity index (χ3v) is 8.66. The lowest BCUT2D eigenvalue weighted by Gasteiger charge is -2.32. The van der Waals surface area contributed by atoms with Crippen molar-refractivity contribution in [2.24, 2.45) is 0 Å². The minimum atomic E-state index is -4.09. The smallest absolute Gasteiger partial charge is 0.264 e. The van der Waals surface area contributed by atoms with E-state index in [0.717, 1.165) is 31.0 Å². The van der Waals surface area contributed by atoms with Crippen LogP contribution >= 0.6 is 15.9 Å². The Morgan fingerprint density at radius 1 is 0.973 bits per heavy atom. The standard InChI is InChI=1S/C28H32BrN3O4S/c1-19-12-14-25(15-13-19)37(35,36)32(26-11-6-8-20(2)21(26)3)18-27(33)31(22(4)28(34)30-5)17-23-9-7-10-24(29)16-23/h6-16,22H,17-18H2,1-5H3,(H,30,34)/t22-/m0/s1. The molecule has 196 valence electrons. The van der Waals surface area contributed by atoms with Gasteiger partial charge in [0.2, 0.25) is 11.8 Å². The molecule has 0 aliphatic carbocycles. The minimum Gasteiger partial charge on any atom is -0.357 e. The Morgan fingerprint density at radius 2 is 1.62 bits per heavy atom. The number of aryl methyl sites for hydroxylation is 2. The van der Waals surface area contributed by atoms with E-state index >= 15 is 0 Å². The molecule has 3 aromatic carbocycles. The molecule has 2 amide bonds. The van der Waals surface area contributed by atoms with Gasteiger partial charge < -0.3 is 10.2 Å². The summed E-state index contributed by atoms with van der Waals surface area (Å²) in [6.07, 6.45) is 0. The molecule has 3 rings (SSSR count). The van der Waals surface area contributed by atoms with Gasteiger partial charge in [0.15, 0.2) is 0 Å². The number of anilines is 1. The van der Waals surface area contributed by atoms with Crippen LogP contribution in [0.3, 0.4) is 0 Å². The second-order valence-corrected chi connectivity index (χ2v) is 11.8. The number of nitrogens with one attached hydrogen (secondary N) is 1. The van der Waals surface area contributed by atoms with E-state index < -0.39 is 28.5 Å². The maximum absolute atomic E-state index is 13.9. The summed E-state index contributed by atoms with van der Waals surface area (Å²) in [5.41, 5.74) is 3.80. The number of rotatable bonds is 9. The number of carbonyl (C=O) groups is 2. The normalized spacial score (nSPS) is 12.1. The Labute approximate surface area is 227 Å². The highest BCUT2D eigenvalue weighted by atomic mass is 79.9. The molecule has 0 saturated heterocycles. The van der Waals surface area contributed by atoms with E-state index in [1.54, 1.807) is 43.3 Å². The van der Waals surface area contributed by atoms with Gasteiger partial charge in [-0.15, -0.1) is 0 Å². The molecule has 0 spiro atoms. The first-order valence-electron chi connectivity index (χ1n) is 11.9. The molecule has 37 heavy (non-hydrogen) atoms. The van der Waals surface area contributed by atoms with Crippen molar-refractivity contribution in [1.29, 1.82) is 0 Å². The predicted molar refractivity (Wildman–Crippen MR) is 150 cm³/mol. The second kappa shape index (κ2) is 11.9. The van der Waals surface area contributed by atoms with Crippen molar-refractivity contribution >= 4 is 43.5 Å². The van der Waals surface area contributed by atoms with Gasteiger partial charge >= 0.3 is 0 Å². The molecule has 0 aliphatic rings. The third-order valence-electron chi connectivity index (χ3n) is 6.39. The number of benzene rings is 3. The molecule has 0 aliphatic heterocycles. The van der Waals surface area contributed by atoms with Crippen molar-refractivity contribution in [3.05, 3.63) is 93.5 Å². The molecule has 7 nitrogen and oxygen atoms in total. The van der Waals surface area contributed by atoms with Crippen LogP contribution in [0.15, 0.2) is 76.1 Å². The van der Waals surface area contributed by atoms with Crippen molar-refractivity contribution in [2.75, 3.05) is 17.9 Å². The third kappa shape index (κ3) is 6.59. The molecule has 1 atom stereocenters. The molecule has 1 N–H and O–H groups in total. The van der Waals surface area contributed by atoms with Crippen molar-refractivity contribution < 1.29 is 18.0 Å². The largest absolute Gasteiger partial charge is 0.357 e. The summed E-state index contributed by atoms with van der Waals surface area (Å²) in [7, 11) is -2.59. The van der Waals surface area contributed by atoms with Crippen LogP contribution in [0, 0.1) is 20.8 Å². The first-order chi connectivity index (χ1) is 17.4. The number of hydrogen-bond acceptors (Lipinski definition) is 4. The van der Waals surface area contributed by atoms with Crippen LogP contribution in [-0.2, 0) is 26.2 Å². The number of halogens is 1. The van der Waals surface area contributed by atoms with E-state index in [1.807, 2.05) is 51.1 Å². The lowest BCUT2D eigenvalue weighted by molar-refractivity contribution is -0.139. The Kier molecular flexibility index (Phi) is 9.15. The summed E-state index contributed by atoms with van der Waals surface area (Å²) in [6, 6.07) is 18.5. The molecule has 9 heteroatoms. The maximum atomic E-state index is 13.9. The van der Waals surface area contributed by atoms with E-state index in [9.17, 15) is 18.0 Å². The number of hydrogen-bond donors (Lipinski definition) is 1. The van der Waals surface area contributed by atoms with Gasteiger partial charge in [-0.1, -0.05) is 57.9 Å². The van der Waals surface area contributed by atoms with Gasteiger partial charge in [0.05, 0.1) is 10.6 Å². The molecule has 0 radical (unpaired) electrons. The number of sulfonamides is 1. The fraction of sp³-hybridized carbons (Fsp3) is 0.286. The van der Waals surface area contributed by atoms with Crippen LogP contribution in [0.25, 0.3) is 0 Å². The van der Waals surface area contributed by atoms with Gasteiger partial charge in [-0.2, -0.15) is 0 Å². The molecule has 0 heterocycles. The zero-order valence-electron chi connectivity index (χ0n) is 21.7. The Balaban J connectivity index is 2.08. The molecule has 0 saturated carbocycles. The maximum Gasteiger partial charge on any atom is 0.264 e. The summed E-state index contributed by atoms with van der Waals surface area (Å²) in [6.45, 7) is 6.91. The zero-order chi connectivity index (χ0) is 27.3. The molecule has 0 bridgehead atoms. The Bertz CT molecular complexity index is 1390. The van der Waals surface area contributed by atoms with Crippen LogP contribution in [-0.4, -0.2) is 44.8 Å². The lowest BCUT2D eigenvalue weighted by atomic mass is 10.1. The van der Waals surface area contributed by atoms with Crippen molar-refractivity contribution in [1.82, 2.24) is 10.2 Å². The molecular weight excluding hydrogens is 554 g/mol. The van der Waals surface area contributed by atoms with Crippen LogP contribution in [0.1, 0.15) is 29.2 Å². The van der Waals surface area contributed by atoms with Gasteiger partial charge in [0, 0.05) is 18.1 Å². The lowest BCUT2D eigenvalue weighted by Crippen LogP contribution is -2.50. The average molecular weight is 587 g/mol. The summed E-state index contributed by atoms with van der Waals surface area (Å²) < 4.78 is 29.8.